The molecule has 0 fully saturated rings. The van der Waals surface area contributed by atoms with Crippen LogP contribution in [0.5, 0.6) is 0 Å². The van der Waals surface area contributed by atoms with E-state index < -0.39 is 5.97 Å². The smallest absolute Gasteiger partial charge is 0.307 e. The number of aryl methyl sites for hydroxylation is 4. The molecule has 0 heterocycles. The van der Waals surface area contributed by atoms with E-state index in [-0.39, 0.29) is 6.42 Å². The van der Waals surface area contributed by atoms with Crippen molar-refractivity contribution in [2.24, 2.45) is 0 Å². The van der Waals surface area contributed by atoms with Gasteiger partial charge in [0.2, 0.25) is 0 Å². The number of benzene rings is 2. The molecule has 0 spiro atoms. The summed E-state index contributed by atoms with van der Waals surface area (Å²) in [6.07, 6.45) is 0.0610. The Bertz CT molecular complexity index is 667. The maximum atomic E-state index is 10.8. The van der Waals surface area contributed by atoms with Gasteiger partial charge in [0.15, 0.2) is 0 Å². The molecule has 0 amide bonds. The van der Waals surface area contributed by atoms with E-state index >= 15 is 0 Å². The topological polar surface area (TPSA) is 49.3 Å². The summed E-state index contributed by atoms with van der Waals surface area (Å²) in [4.78, 5) is 10.8. The summed E-state index contributed by atoms with van der Waals surface area (Å²) >= 11 is 0. The molecule has 0 unspecified atom stereocenters. The second-order valence-corrected chi connectivity index (χ2v) is 5.62. The molecule has 0 saturated heterocycles. The van der Waals surface area contributed by atoms with Gasteiger partial charge >= 0.3 is 5.97 Å². The Hall–Kier alpha value is -2.29. The first-order valence-corrected chi connectivity index (χ1v) is 7.03. The van der Waals surface area contributed by atoms with Crippen LogP contribution in [0.1, 0.15) is 27.8 Å². The predicted octanol–water partition coefficient (Wildman–Crippen LogP) is 4.29. The lowest BCUT2D eigenvalue weighted by Crippen LogP contribution is -2.03. The number of carboxylic acids is 1. The third-order valence-electron chi connectivity index (χ3n) is 3.59. The van der Waals surface area contributed by atoms with E-state index in [2.05, 4.69) is 37.4 Å². The fourth-order valence-electron chi connectivity index (χ4n) is 2.62. The Balaban J connectivity index is 2.34. The molecule has 3 nitrogen and oxygen atoms in total. The zero-order chi connectivity index (χ0) is 15.6. The van der Waals surface area contributed by atoms with Crippen LogP contribution in [0.25, 0.3) is 0 Å². The number of aliphatic carboxylic acids is 1. The number of carboxylic acid groups (broad SMARTS) is 1. The largest absolute Gasteiger partial charge is 0.481 e. The van der Waals surface area contributed by atoms with Gasteiger partial charge in [-0.2, -0.15) is 0 Å². The van der Waals surface area contributed by atoms with Crippen molar-refractivity contribution >= 4 is 17.3 Å². The van der Waals surface area contributed by atoms with Crippen LogP contribution in [0.3, 0.4) is 0 Å². The Morgan fingerprint density at radius 3 is 2.14 bits per heavy atom. The zero-order valence-electron chi connectivity index (χ0n) is 12.9. The van der Waals surface area contributed by atoms with E-state index in [1.54, 1.807) is 0 Å². The molecule has 2 aromatic carbocycles. The Labute approximate surface area is 125 Å². The predicted molar refractivity (Wildman–Crippen MR) is 86.5 cm³/mol. The average molecular weight is 283 g/mol. The minimum Gasteiger partial charge on any atom is -0.481 e. The van der Waals surface area contributed by atoms with E-state index in [1.165, 1.54) is 11.1 Å². The van der Waals surface area contributed by atoms with E-state index in [0.29, 0.717) is 0 Å². The molecule has 0 saturated carbocycles. The van der Waals surface area contributed by atoms with Crippen LogP contribution in [0, 0.1) is 27.7 Å². The van der Waals surface area contributed by atoms with Crippen LogP contribution < -0.4 is 5.32 Å². The standard InChI is InChI=1S/C18H21NO2/c1-11-5-6-16(12(2)7-11)19-18-13(3)8-15(9-14(18)4)10-17(20)21/h5-9,19H,10H2,1-4H3,(H,20,21). The van der Waals surface area contributed by atoms with E-state index in [4.69, 9.17) is 5.11 Å². The van der Waals surface area contributed by atoms with Crippen LogP contribution in [0.2, 0.25) is 0 Å². The van der Waals surface area contributed by atoms with Crippen LogP contribution in [-0.4, -0.2) is 11.1 Å². The summed E-state index contributed by atoms with van der Waals surface area (Å²) < 4.78 is 0. The van der Waals surface area contributed by atoms with Gasteiger partial charge in [-0.25, -0.2) is 0 Å². The van der Waals surface area contributed by atoms with E-state index in [9.17, 15) is 4.79 Å². The number of nitrogens with one attached hydrogen (secondary N) is 1. The molecule has 0 aromatic heterocycles. The van der Waals surface area contributed by atoms with Crippen molar-refractivity contribution in [3.8, 4) is 0 Å². The first-order chi connectivity index (χ1) is 9.86. The number of rotatable bonds is 4. The van der Waals surface area contributed by atoms with Crippen LogP contribution in [0.15, 0.2) is 30.3 Å². The van der Waals surface area contributed by atoms with Gasteiger partial charge < -0.3 is 10.4 Å². The van der Waals surface area contributed by atoms with Crippen molar-refractivity contribution in [3.63, 3.8) is 0 Å². The molecule has 0 aliphatic rings. The lowest BCUT2D eigenvalue weighted by Gasteiger charge is -2.16. The molecule has 2 N–H and O–H groups in total. The number of anilines is 2. The van der Waals surface area contributed by atoms with Crippen molar-refractivity contribution in [2.75, 3.05) is 5.32 Å². The van der Waals surface area contributed by atoms with Gasteiger partial charge in [0.05, 0.1) is 6.42 Å². The highest BCUT2D eigenvalue weighted by atomic mass is 16.4. The molecule has 0 bridgehead atoms. The van der Waals surface area contributed by atoms with Gasteiger partial charge in [0.1, 0.15) is 0 Å². The zero-order valence-corrected chi connectivity index (χ0v) is 12.9. The van der Waals surface area contributed by atoms with Gasteiger partial charge in [-0.05, 0) is 56.0 Å². The molecule has 2 rings (SSSR count). The summed E-state index contributed by atoms with van der Waals surface area (Å²) in [5.74, 6) is -0.802. The average Bonchev–Trinajstić information content (AvgIpc) is 2.35. The molecule has 0 atom stereocenters. The number of hydrogen-bond donors (Lipinski definition) is 2. The molecule has 21 heavy (non-hydrogen) atoms. The molecule has 3 heteroatoms. The van der Waals surface area contributed by atoms with Crippen molar-refractivity contribution in [1.82, 2.24) is 0 Å². The highest BCUT2D eigenvalue weighted by Gasteiger charge is 2.09. The number of carbonyl (C=O) groups is 1. The molecule has 2 aromatic rings. The van der Waals surface area contributed by atoms with Crippen LogP contribution in [0.4, 0.5) is 11.4 Å². The van der Waals surface area contributed by atoms with Crippen molar-refractivity contribution in [1.29, 1.82) is 0 Å². The first-order valence-electron chi connectivity index (χ1n) is 7.03. The Kier molecular flexibility index (Phi) is 4.32. The maximum absolute atomic E-state index is 10.8. The van der Waals surface area contributed by atoms with Crippen LogP contribution in [-0.2, 0) is 11.2 Å². The normalized spacial score (nSPS) is 10.5. The van der Waals surface area contributed by atoms with Gasteiger partial charge in [-0.3, -0.25) is 4.79 Å². The lowest BCUT2D eigenvalue weighted by atomic mass is 10.0. The fraction of sp³-hybridized carbons (Fsp3) is 0.278. The molecule has 0 aliphatic heterocycles. The molecule has 0 radical (unpaired) electrons. The molecule has 0 aliphatic carbocycles. The second-order valence-electron chi connectivity index (χ2n) is 5.62. The Morgan fingerprint density at radius 1 is 1.00 bits per heavy atom. The fourth-order valence-corrected chi connectivity index (χ4v) is 2.62. The van der Waals surface area contributed by atoms with Crippen molar-refractivity contribution in [2.45, 2.75) is 34.1 Å². The van der Waals surface area contributed by atoms with E-state index in [1.807, 2.05) is 26.0 Å². The molecular weight excluding hydrogens is 262 g/mol. The third-order valence-corrected chi connectivity index (χ3v) is 3.59. The SMILES string of the molecule is Cc1ccc(Nc2c(C)cc(CC(=O)O)cc2C)c(C)c1. The monoisotopic (exact) mass is 283 g/mol. The van der Waals surface area contributed by atoms with Crippen LogP contribution >= 0.6 is 0 Å². The van der Waals surface area contributed by atoms with Gasteiger partial charge in [-0.15, -0.1) is 0 Å². The van der Waals surface area contributed by atoms with Gasteiger partial charge in [0.25, 0.3) is 0 Å². The Morgan fingerprint density at radius 2 is 1.62 bits per heavy atom. The lowest BCUT2D eigenvalue weighted by molar-refractivity contribution is -0.136. The first kappa shape index (κ1) is 15.1. The highest BCUT2D eigenvalue weighted by Crippen LogP contribution is 2.28. The second kappa shape index (κ2) is 6.00. The summed E-state index contributed by atoms with van der Waals surface area (Å²) in [7, 11) is 0. The minimum absolute atomic E-state index is 0.0610. The van der Waals surface area contributed by atoms with Gasteiger partial charge in [0, 0.05) is 11.4 Å². The number of hydrogen-bond acceptors (Lipinski definition) is 2. The molecular formula is C18H21NO2. The van der Waals surface area contributed by atoms with E-state index in [0.717, 1.165) is 28.1 Å². The third kappa shape index (κ3) is 3.63. The summed E-state index contributed by atoms with van der Waals surface area (Å²) in [5.41, 5.74) is 7.53. The summed E-state index contributed by atoms with van der Waals surface area (Å²) in [6.45, 7) is 8.17. The highest BCUT2D eigenvalue weighted by molar-refractivity contribution is 5.73. The summed E-state index contributed by atoms with van der Waals surface area (Å²) in [5, 5.41) is 12.4. The quantitative estimate of drug-likeness (QED) is 0.880. The van der Waals surface area contributed by atoms with Gasteiger partial charge in [-0.1, -0.05) is 29.8 Å². The van der Waals surface area contributed by atoms with Crippen molar-refractivity contribution in [3.05, 3.63) is 58.1 Å². The maximum Gasteiger partial charge on any atom is 0.307 e. The minimum atomic E-state index is -0.802. The summed E-state index contributed by atoms with van der Waals surface area (Å²) in [6, 6.07) is 10.2. The van der Waals surface area contributed by atoms with Crippen molar-refractivity contribution < 1.29 is 9.90 Å². The molecule has 110 valence electrons.